The van der Waals surface area contributed by atoms with Gasteiger partial charge in [-0.3, -0.25) is 28.9 Å². The summed E-state index contributed by atoms with van der Waals surface area (Å²) in [4.78, 5) is 72.0. The third kappa shape index (κ3) is 10.4. The highest BCUT2D eigenvalue weighted by Crippen LogP contribution is 2.28. The molecule has 3 aliphatic rings. The van der Waals surface area contributed by atoms with Gasteiger partial charge in [0.05, 0.1) is 12.1 Å². The van der Waals surface area contributed by atoms with Crippen LogP contribution in [0.2, 0.25) is 0 Å². The van der Waals surface area contributed by atoms with Gasteiger partial charge < -0.3 is 37.0 Å². The van der Waals surface area contributed by atoms with E-state index in [0.29, 0.717) is 25.4 Å². The fraction of sp³-hybridized carbons (Fsp3) is 0.848. The van der Waals surface area contributed by atoms with Gasteiger partial charge in [-0.15, -0.1) is 0 Å². The second-order valence-corrected chi connectivity index (χ2v) is 14.1. The van der Waals surface area contributed by atoms with Crippen molar-refractivity contribution in [1.29, 1.82) is 0 Å². The highest BCUT2D eigenvalue weighted by Gasteiger charge is 2.39. The quantitative estimate of drug-likeness (QED) is 0.227. The molecule has 2 aliphatic carbocycles. The molecule has 13 heteroatoms. The standard InChI is InChI=1S/C33H59N7O6/c1-20(2)17-26-30(43)38-28(24-13-7-6-8-14-24)32(45)36-25(18-34)29(42)37-27(22(4)41)31(44)35-15-16-40(19-23-11-9-10-12-23)21(3)33(46)39(26)5/h20-28,41H,6-19,34H2,1-5H3,(H,35,44)(H,36,45)(H,37,42)(H,38,43)/t21-,22-,25-,26-,27-,28-/m0/s1. The highest BCUT2D eigenvalue weighted by atomic mass is 16.3. The van der Waals surface area contributed by atoms with Gasteiger partial charge >= 0.3 is 0 Å². The summed E-state index contributed by atoms with van der Waals surface area (Å²) >= 11 is 0. The number of amides is 5. The Morgan fingerprint density at radius 3 is 2.07 bits per heavy atom. The third-order valence-corrected chi connectivity index (χ3v) is 10.0. The number of likely N-dealkylation sites (N-methyl/N-ethyl adjacent to an activating group) is 1. The molecule has 13 nitrogen and oxygen atoms in total. The van der Waals surface area contributed by atoms with E-state index in [1.54, 1.807) is 7.05 Å². The number of rotatable bonds is 7. The first kappa shape index (κ1) is 37.7. The van der Waals surface area contributed by atoms with Crippen molar-refractivity contribution in [2.75, 3.05) is 33.2 Å². The molecular weight excluding hydrogens is 590 g/mol. The van der Waals surface area contributed by atoms with Crippen molar-refractivity contribution in [2.45, 2.75) is 128 Å². The lowest BCUT2D eigenvalue weighted by atomic mass is 9.83. The molecule has 0 bridgehead atoms. The Balaban J connectivity index is 2.00. The first-order chi connectivity index (χ1) is 21.8. The minimum absolute atomic E-state index is 0.0955. The molecular formula is C33H59N7O6. The van der Waals surface area contributed by atoms with Crippen LogP contribution in [0.15, 0.2) is 0 Å². The molecule has 0 radical (unpaired) electrons. The topological polar surface area (TPSA) is 186 Å². The van der Waals surface area contributed by atoms with E-state index < -0.39 is 59.9 Å². The van der Waals surface area contributed by atoms with E-state index in [9.17, 15) is 29.1 Å². The lowest BCUT2D eigenvalue weighted by molar-refractivity contribution is -0.144. The van der Waals surface area contributed by atoms with Crippen LogP contribution in [-0.4, -0.2) is 114 Å². The minimum atomic E-state index is -1.28. The van der Waals surface area contributed by atoms with Gasteiger partial charge in [0.25, 0.3) is 0 Å². The van der Waals surface area contributed by atoms with Crippen LogP contribution in [0.4, 0.5) is 0 Å². The molecule has 0 unspecified atom stereocenters. The number of aliphatic hydroxyl groups is 1. The zero-order chi connectivity index (χ0) is 34.0. The van der Waals surface area contributed by atoms with Crippen LogP contribution in [0.3, 0.4) is 0 Å². The number of nitrogens with two attached hydrogens (primary N) is 1. The zero-order valence-electron chi connectivity index (χ0n) is 28.6. The predicted molar refractivity (Wildman–Crippen MR) is 175 cm³/mol. The van der Waals surface area contributed by atoms with E-state index in [4.69, 9.17) is 5.73 Å². The average Bonchev–Trinajstić information content (AvgIpc) is 3.54. The van der Waals surface area contributed by atoms with E-state index in [1.165, 1.54) is 11.8 Å². The first-order valence-electron chi connectivity index (χ1n) is 17.4. The van der Waals surface area contributed by atoms with Gasteiger partial charge in [0.2, 0.25) is 29.5 Å². The first-order valence-corrected chi connectivity index (χ1v) is 17.4. The Morgan fingerprint density at radius 1 is 0.848 bits per heavy atom. The Labute approximate surface area is 274 Å². The number of nitrogens with zero attached hydrogens (tertiary/aromatic N) is 2. The molecule has 1 saturated heterocycles. The molecule has 46 heavy (non-hydrogen) atoms. The lowest BCUT2D eigenvalue weighted by Crippen LogP contribution is -2.63. The molecule has 262 valence electrons. The molecule has 7 N–H and O–H groups in total. The zero-order valence-corrected chi connectivity index (χ0v) is 28.6. The average molecular weight is 650 g/mol. The van der Waals surface area contributed by atoms with E-state index in [1.807, 2.05) is 20.8 Å². The molecule has 6 atom stereocenters. The third-order valence-electron chi connectivity index (χ3n) is 10.0. The molecule has 1 heterocycles. The fourth-order valence-corrected chi connectivity index (χ4v) is 7.16. The summed E-state index contributed by atoms with van der Waals surface area (Å²) in [5.41, 5.74) is 5.91. The molecule has 2 saturated carbocycles. The molecule has 0 aromatic rings. The fourth-order valence-electron chi connectivity index (χ4n) is 7.16. The summed E-state index contributed by atoms with van der Waals surface area (Å²) in [6.07, 6.45) is 7.95. The summed E-state index contributed by atoms with van der Waals surface area (Å²) in [6, 6.07) is -4.78. The van der Waals surface area contributed by atoms with E-state index in [0.717, 1.165) is 57.8 Å². The van der Waals surface area contributed by atoms with Gasteiger partial charge in [0.15, 0.2) is 0 Å². The highest BCUT2D eigenvalue weighted by molar-refractivity contribution is 5.96. The van der Waals surface area contributed by atoms with Crippen LogP contribution in [-0.2, 0) is 24.0 Å². The Morgan fingerprint density at radius 2 is 1.48 bits per heavy atom. The molecule has 3 rings (SSSR count). The van der Waals surface area contributed by atoms with Crippen molar-refractivity contribution in [3.05, 3.63) is 0 Å². The lowest BCUT2D eigenvalue weighted by Gasteiger charge is -2.37. The van der Waals surface area contributed by atoms with Crippen LogP contribution in [0.25, 0.3) is 0 Å². The van der Waals surface area contributed by atoms with E-state index >= 15 is 0 Å². The normalized spacial score (nSPS) is 30.3. The van der Waals surface area contributed by atoms with Crippen molar-refractivity contribution in [2.24, 2.45) is 23.5 Å². The maximum atomic E-state index is 14.1. The molecule has 3 fully saturated rings. The van der Waals surface area contributed by atoms with Crippen molar-refractivity contribution < 1.29 is 29.1 Å². The van der Waals surface area contributed by atoms with Gasteiger partial charge in [-0.2, -0.15) is 0 Å². The molecule has 5 amide bonds. The van der Waals surface area contributed by atoms with Gasteiger partial charge in [-0.1, -0.05) is 46.0 Å². The van der Waals surface area contributed by atoms with Crippen molar-refractivity contribution in [1.82, 2.24) is 31.1 Å². The maximum absolute atomic E-state index is 14.1. The number of hydrogen-bond acceptors (Lipinski definition) is 8. The SMILES string of the molecule is CC(C)C[C@H]1C(=O)N[C@@H](C2CCCCC2)C(=O)N[C@@H](CN)C(=O)N[C@@H]([C@H](C)O)C(=O)NCCN(CC2CCCC2)[C@@H](C)C(=O)N1C. The Hall–Kier alpha value is -2.77. The van der Waals surface area contributed by atoms with Crippen molar-refractivity contribution in [3.63, 3.8) is 0 Å². The minimum Gasteiger partial charge on any atom is -0.391 e. The molecule has 1 aliphatic heterocycles. The van der Waals surface area contributed by atoms with Gasteiger partial charge in [-0.25, -0.2) is 0 Å². The number of aliphatic hydroxyl groups excluding tert-OH is 1. The van der Waals surface area contributed by atoms with Crippen molar-refractivity contribution >= 4 is 29.5 Å². The monoisotopic (exact) mass is 649 g/mol. The van der Waals surface area contributed by atoms with Crippen LogP contribution in [0.1, 0.15) is 91.9 Å². The number of nitrogens with one attached hydrogen (secondary N) is 4. The molecule has 0 aromatic heterocycles. The summed E-state index contributed by atoms with van der Waals surface area (Å²) in [5, 5.41) is 21.5. The van der Waals surface area contributed by atoms with Gasteiger partial charge in [0, 0.05) is 33.2 Å². The second-order valence-electron chi connectivity index (χ2n) is 14.1. The second kappa shape index (κ2) is 18.0. The van der Waals surface area contributed by atoms with Crippen molar-refractivity contribution in [3.8, 4) is 0 Å². The molecule has 0 aromatic carbocycles. The smallest absolute Gasteiger partial charge is 0.245 e. The van der Waals surface area contributed by atoms with Crippen LogP contribution >= 0.6 is 0 Å². The number of carbonyl (C=O) groups excluding carboxylic acids is 5. The summed E-state index contributed by atoms with van der Waals surface area (Å²) in [6.45, 7) is 8.20. The van der Waals surface area contributed by atoms with E-state index in [2.05, 4.69) is 26.2 Å². The number of carbonyl (C=O) groups is 5. The van der Waals surface area contributed by atoms with Gasteiger partial charge in [-0.05, 0) is 63.7 Å². The van der Waals surface area contributed by atoms with Crippen LogP contribution < -0.4 is 27.0 Å². The predicted octanol–water partition coefficient (Wildman–Crippen LogP) is 0.244. The van der Waals surface area contributed by atoms with Crippen LogP contribution in [0.5, 0.6) is 0 Å². The summed E-state index contributed by atoms with van der Waals surface area (Å²) < 4.78 is 0. The molecule has 0 spiro atoms. The Bertz CT molecular complexity index is 1040. The summed E-state index contributed by atoms with van der Waals surface area (Å²) in [5.74, 6) is -2.06. The van der Waals surface area contributed by atoms with Crippen LogP contribution in [0, 0.1) is 17.8 Å². The maximum Gasteiger partial charge on any atom is 0.245 e. The number of hydrogen-bond donors (Lipinski definition) is 6. The van der Waals surface area contributed by atoms with Gasteiger partial charge in [0.1, 0.15) is 24.2 Å². The Kier molecular flexibility index (Phi) is 14.7. The summed E-state index contributed by atoms with van der Waals surface area (Å²) in [7, 11) is 1.65. The largest absolute Gasteiger partial charge is 0.391 e. The van der Waals surface area contributed by atoms with E-state index in [-0.39, 0.29) is 30.8 Å².